The fraction of sp³-hybridized carbons (Fsp3) is 0.400. The average molecular weight is 324 g/mol. The summed E-state index contributed by atoms with van der Waals surface area (Å²) in [6.45, 7) is 0. The van der Waals surface area contributed by atoms with E-state index in [9.17, 15) is 8.42 Å². The van der Waals surface area contributed by atoms with Crippen molar-refractivity contribution < 1.29 is 8.42 Å². The van der Waals surface area contributed by atoms with E-state index in [0.717, 1.165) is 15.8 Å². The van der Waals surface area contributed by atoms with Gasteiger partial charge in [0.2, 0.25) is 0 Å². The molecule has 2 N–H and O–H groups in total. The predicted octanol–water partition coefficient (Wildman–Crippen LogP) is 2.31. The van der Waals surface area contributed by atoms with E-state index in [4.69, 9.17) is 5.73 Å². The van der Waals surface area contributed by atoms with Gasteiger partial charge in [-0.05, 0) is 23.8 Å². The first-order chi connectivity index (χ1) is 7.37. The lowest BCUT2D eigenvalue weighted by molar-refractivity contribution is 0.603. The molecule has 0 aromatic heterocycles. The topological polar surface area (TPSA) is 60.2 Å². The third-order valence-corrected chi connectivity index (χ3v) is 4.54. The third-order valence-electron chi connectivity index (χ3n) is 1.85. The molecule has 6 heteroatoms. The maximum absolute atomic E-state index is 10.9. The third kappa shape index (κ3) is 5.77. The van der Waals surface area contributed by atoms with Gasteiger partial charge in [0.05, 0.1) is 5.75 Å². The molecule has 0 heterocycles. The fourth-order valence-corrected chi connectivity index (χ4v) is 3.95. The number of nitrogen functional groups attached to an aromatic ring is 1. The lowest BCUT2D eigenvalue weighted by atomic mass is 10.2. The Labute approximate surface area is 109 Å². The number of nitrogens with two attached hydrogens (primary N) is 1. The van der Waals surface area contributed by atoms with Gasteiger partial charge in [-0.1, -0.05) is 15.9 Å². The summed E-state index contributed by atoms with van der Waals surface area (Å²) in [6, 6.07) is 5.73. The van der Waals surface area contributed by atoms with Gasteiger partial charge >= 0.3 is 0 Å². The average Bonchev–Trinajstić information content (AvgIpc) is 2.09. The van der Waals surface area contributed by atoms with Crippen molar-refractivity contribution in [3.05, 3.63) is 28.2 Å². The molecule has 0 spiro atoms. The lowest BCUT2D eigenvalue weighted by Crippen LogP contribution is -2.05. The Morgan fingerprint density at radius 1 is 1.38 bits per heavy atom. The zero-order valence-corrected chi connectivity index (χ0v) is 12.2. The van der Waals surface area contributed by atoms with Crippen LogP contribution in [-0.2, 0) is 15.6 Å². The van der Waals surface area contributed by atoms with Crippen molar-refractivity contribution >= 4 is 43.2 Å². The number of hydrogen-bond acceptors (Lipinski definition) is 4. The number of anilines is 1. The van der Waals surface area contributed by atoms with Gasteiger partial charge in [0.15, 0.2) is 0 Å². The van der Waals surface area contributed by atoms with Crippen molar-refractivity contribution in [2.75, 3.05) is 23.5 Å². The highest BCUT2D eigenvalue weighted by molar-refractivity contribution is 9.10. The summed E-state index contributed by atoms with van der Waals surface area (Å²) in [7, 11) is -2.85. The minimum absolute atomic E-state index is 0.223. The fourth-order valence-electron chi connectivity index (χ4n) is 1.16. The summed E-state index contributed by atoms with van der Waals surface area (Å²) in [6.07, 6.45) is 1.25. The minimum Gasteiger partial charge on any atom is -0.399 e. The van der Waals surface area contributed by atoms with Crippen molar-refractivity contribution in [1.29, 1.82) is 0 Å². The standard InChI is InChI=1S/C10H14BrNO2S2/c1-16(13,14)3-2-15-7-8-4-9(11)6-10(12)5-8/h4-6H,2-3,7,12H2,1H3. The zero-order chi connectivity index (χ0) is 12.2. The minimum atomic E-state index is -2.85. The van der Waals surface area contributed by atoms with Gasteiger partial charge in [-0.25, -0.2) is 8.42 Å². The molecule has 0 bridgehead atoms. The summed E-state index contributed by atoms with van der Waals surface area (Å²) in [5.41, 5.74) is 7.52. The van der Waals surface area contributed by atoms with Gasteiger partial charge in [-0.3, -0.25) is 0 Å². The summed E-state index contributed by atoms with van der Waals surface area (Å²) >= 11 is 4.96. The Hall–Kier alpha value is -0.200. The molecule has 16 heavy (non-hydrogen) atoms. The smallest absolute Gasteiger partial charge is 0.148 e. The zero-order valence-electron chi connectivity index (χ0n) is 8.94. The molecule has 3 nitrogen and oxygen atoms in total. The van der Waals surface area contributed by atoms with Crippen molar-refractivity contribution in [1.82, 2.24) is 0 Å². The number of halogens is 1. The molecule has 90 valence electrons. The molecule has 0 aliphatic rings. The summed E-state index contributed by atoms with van der Waals surface area (Å²) in [5.74, 6) is 1.62. The normalized spacial score (nSPS) is 11.6. The van der Waals surface area contributed by atoms with E-state index in [1.165, 1.54) is 6.26 Å². The molecule has 0 saturated heterocycles. The Kier molecular flexibility index (Phi) is 5.14. The Morgan fingerprint density at radius 3 is 2.62 bits per heavy atom. The highest BCUT2D eigenvalue weighted by atomic mass is 79.9. The molecule has 0 atom stereocenters. The van der Waals surface area contributed by atoms with Crippen LogP contribution in [0, 0.1) is 0 Å². The van der Waals surface area contributed by atoms with Gasteiger partial charge in [-0.15, -0.1) is 0 Å². The number of benzene rings is 1. The van der Waals surface area contributed by atoms with Crippen molar-refractivity contribution in [2.45, 2.75) is 5.75 Å². The Balaban J connectivity index is 2.43. The van der Waals surface area contributed by atoms with Crippen LogP contribution in [0.5, 0.6) is 0 Å². The van der Waals surface area contributed by atoms with Gasteiger partial charge in [-0.2, -0.15) is 11.8 Å². The molecule has 1 aromatic rings. The molecule has 0 radical (unpaired) electrons. The summed E-state index contributed by atoms with van der Waals surface area (Å²) < 4.78 is 22.8. The molecule has 0 aliphatic heterocycles. The molecule has 1 aromatic carbocycles. The second-order valence-corrected chi connectivity index (χ2v) is 7.86. The van der Waals surface area contributed by atoms with Crippen molar-refractivity contribution in [2.24, 2.45) is 0 Å². The van der Waals surface area contributed by atoms with Crippen LogP contribution in [0.2, 0.25) is 0 Å². The largest absolute Gasteiger partial charge is 0.399 e. The van der Waals surface area contributed by atoms with Gasteiger partial charge in [0, 0.05) is 27.9 Å². The van der Waals surface area contributed by atoms with Gasteiger partial charge < -0.3 is 5.73 Å². The first-order valence-corrected chi connectivity index (χ1v) is 8.68. The monoisotopic (exact) mass is 323 g/mol. The number of sulfone groups is 1. The van der Waals surface area contributed by atoms with Crippen LogP contribution in [0.4, 0.5) is 5.69 Å². The number of rotatable bonds is 5. The van der Waals surface area contributed by atoms with Crippen LogP contribution < -0.4 is 5.73 Å². The first-order valence-electron chi connectivity index (χ1n) is 4.67. The van der Waals surface area contributed by atoms with E-state index in [1.54, 1.807) is 11.8 Å². The van der Waals surface area contributed by atoms with Gasteiger partial charge in [0.25, 0.3) is 0 Å². The predicted molar refractivity (Wildman–Crippen MR) is 74.4 cm³/mol. The van der Waals surface area contributed by atoms with E-state index in [1.807, 2.05) is 18.2 Å². The molecule has 1 rings (SSSR count). The first kappa shape index (κ1) is 13.9. The van der Waals surface area contributed by atoms with Crippen LogP contribution in [0.1, 0.15) is 5.56 Å². The van der Waals surface area contributed by atoms with Gasteiger partial charge in [0.1, 0.15) is 9.84 Å². The molecular formula is C10H14BrNO2S2. The van der Waals surface area contributed by atoms with Crippen LogP contribution in [0.15, 0.2) is 22.7 Å². The maximum Gasteiger partial charge on any atom is 0.148 e. The van der Waals surface area contributed by atoms with E-state index >= 15 is 0 Å². The second-order valence-electron chi connectivity index (χ2n) is 3.58. The quantitative estimate of drug-likeness (QED) is 0.667. The van der Waals surface area contributed by atoms with Crippen LogP contribution in [-0.4, -0.2) is 26.2 Å². The van der Waals surface area contributed by atoms with Crippen LogP contribution in [0.25, 0.3) is 0 Å². The Morgan fingerprint density at radius 2 is 2.06 bits per heavy atom. The molecule has 0 aliphatic carbocycles. The maximum atomic E-state index is 10.9. The van der Waals surface area contributed by atoms with Crippen LogP contribution >= 0.6 is 27.7 Å². The van der Waals surface area contributed by atoms with Crippen LogP contribution in [0.3, 0.4) is 0 Å². The molecular weight excluding hydrogens is 310 g/mol. The molecule has 0 amide bonds. The summed E-state index contributed by atoms with van der Waals surface area (Å²) in [5, 5.41) is 0. The van der Waals surface area contributed by atoms with E-state index in [2.05, 4.69) is 15.9 Å². The van der Waals surface area contributed by atoms with E-state index in [0.29, 0.717) is 11.4 Å². The number of hydrogen-bond donors (Lipinski definition) is 1. The van der Waals surface area contributed by atoms with Crippen molar-refractivity contribution in [3.8, 4) is 0 Å². The van der Waals surface area contributed by atoms with E-state index < -0.39 is 9.84 Å². The highest BCUT2D eigenvalue weighted by Gasteiger charge is 2.02. The van der Waals surface area contributed by atoms with Crippen molar-refractivity contribution in [3.63, 3.8) is 0 Å². The number of thioether (sulfide) groups is 1. The van der Waals surface area contributed by atoms with E-state index in [-0.39, 0.29) is 5.75 Å². The molecule has 0 unspecified atom stereocenters. The molecule has 0 saturated carbocycles. The SMILES string of the molecule is CS(=O)(=O)CCSCc1cc(N)cc(Br)c1. The summed E-state index contributed by atoms with van der Waals surface area (Å²) in [4.78, 5) is 0. The lowest BCUT2D eigenvalue weighted by Gasteiger charge is -2.04. The Bertz CT molecular complexity index is 440. The highest BCUT2D eigenvalue weighted by Crippen LogP contribution is 2.21. The molecule has 0 fully saturated rings. The second kappa shape index (κ2) is 5.93.